The highest BCUT2D eigenvalue weighted by molar-refractivity contribution is 7.98. The van der Waals surface area contributed by atoms with Crippen molar-refractivity contribution < 1.29 is 4.52 Å². The molecule has 0 aliphatic rings. The Hall–Kier alpha value is -2.93. The molecule has 0 bridgehead atoms. The molecular formula is C23H25N5OS. The van der Waals surface area contributed by atoms with Crippen molar-refractivity contribution in [3.8, 4) is 22.8 Å². The van der Waals surface area contributed by atoms with E-state index in [0.717, 1.165) is 27.7 Å². The summed E-state index contributed by atoms with van der Waals surface area (Å²) < 4.78 is 7.42. The summed E-state index contributed by atoms with van der Waals surface area (Å²) in [5.74, 6) is 2.57. The first kappa shape index (κ1) is 20.3. The molecule has 0 aliphatic carbocycles. The smallest absolute Gasteiger partial charge is 0.257 e. The van der Waals surface area contributed by atoms with Gasteiger partial charge in [-0.3, -0.25) is 0 Å². The summed E-state index contributed by atoms with van der Waals surface area (Å²) in [5.41, 5.74) is 4.55. The highest BCUT2D eigenvalue weighted by atomic mass is 32.2. The molecule has 4 aromatic rings. The van der Waals surface area contributed by atoms with E-state index in [0.29, 0.717) is 17.5 Å². The van der Waals surface area contributed by atoms with Gasteiger partial charge in [-0.2, -0.15) is 4.98 Å². The third-order valence-corrected chi connectivity index (χ3v) is 5.92. The molecule has 0 fully saturated rings. The number of aryl methyl sites for hydroxylation is 1. The highest BCUT2D eigenvalue weighted by Gasteiger charge is 2.16. The molecule has 0 amide bonds. The van der Waals surface area contributed by atoms with E-state index in [-0.39, 0.29) is 5.41 Å². The molecule has 0 aliphatic heterocycles. The zero-order valence-corrected chi connectivity index (χ0v) is 18.7. The summed E-state index contributed by atoms with van der Waals surface area (Å²) in [6, 6.07) is 16.5. The van der Waals surface area contributed by atoms with Crippen molar-refractivity contribution in [3.63, 3.8) is 0 Å². The van der Waals surface area contributed by atoms with Gasteiger partial charge in [0.2, 0.25) is 0 Å². The summed E-state index contributed by atoms with van der Waals surface area (Å²) in [6.45, 7) is 8.67. The van der Waals surface area contributed by atoms with Crippen LogP contribution in [0.5, 0.6) is 0 Å². The van der Waals surface area contributed by atoms with E-state index in [9.17, 15) is 0 Å². The van der Waals surface area contributed by atoms with Gasteiger partial charge in [0.15, 0.2) is 16.8 Å². The molecule has 0 N–H and O–H groups in total. The quantitative estimate of drug-likeness (QED) is 0.402. The number of thioether (sulfide) groups is 1. The normalized spacial score (nSPS) is 11.8. The SMILES string of the molecule is Cc1cccc(-c2nc(CSc3nnc(-c4ccc(C(C)(C)C)cc4)n3C)no2)c1. The van der Waals surface area contributed by atoms with Crippen LogP contribution in [0.15, 0.2) is 58.2 Å². The van der Waals surface area contributed by atoms with Gasteiger partial charge in [0, 0.05) is 18.2 Å². The monoisotopic (exact) mass is 419 g/mol. The lowest BCUT2D eigenvalue weighted by Crippen LogP contribution is -2.10. The number of hydrogen-bond acceptors (Lipinski definition) is 6. The van der Waals surface area contributed by atoms with Crippen LogP contribution in [-0.4, -0.2) is 24.9 Å². The first-order valence-corrected chi connectivity index (χ1v) is 10.8. The van der Waals surface area contributed by atoms with Crippen molar-refractivity contribution >= 4 is 11.8 Å². The first-order valence-electron chi connectivity index (χ1n) is 9.84. The zero-order chi connectivity index (χ0) is 21.3. The molecule has 0 spiro atoms. The molecule has 0 atom stereocenters. The fourth-order valence-corrected chi connectivity index (χ4v) is 3.90. The zero-order valence-electron chi connectivity index (χ0n) is 17.9. The second-order valence-corrected chi connectivity index (χ2v) is 9.31. The lowest BCUT2D eigenvalue weighted by atomic mass is 9.87. The van der Waals surface area contributed by atoms with Crippen molar-refractivity contribution in [2.75, 3.05) is 0 Å². The van der Waals surface area contributed by atoms with Gasteiger partial charge < -0.3 is 9.09 Å². The van der Waals surface area contributed by atoms with Crippen LogP contribution in [0, 0.1) is 6.92 Å². The van der Waals surface area contributed by atoms with Crippen molar-refractivity contribution in [2.45, 2.75) is 44.0 Å². The van der Waals surface area contributed by atoms with Gasteiger partial charge in [-0.1, -0.05) is 79.7 Å². The molecule has 0 unspecified atom stereocenters. The van der Waals surface area contributed by atoms with Crippen LogP contribution >= 0.6 is 11.8 Å². The summed E-state index contributed by atoms with van der Waals surface area (Å²) in [4.78, 5) is 4.51. The minimum Gasteiger partial charge on any atom is -0.334 e. The van der Waals surface area contributed by atoms with Crippen LogP contribution in [0.25, 0.3) is 22.8 Å². The Morgan fingerprint density at radius 2 is 1.77 bits per heavy atom. The largest absolute Gasteiger partial charge is 0.334 e. The van der Waals surface area contributed by atoms with Crippen LogP contribution in [0.3, 0.4) is 0 Å². The number of benzene rings is 2. The Bertz CT molecular complexity index is 1160. The topological polar surface area (TPSA) is 69.6 Å². The van der Waals surface area contributed by atoms with E-state index < -0.39 is 0 Å². The maximum Gasteiger partial charge on any atom is 0.257 e. The first-order chi connectivity index (χ1) is 14.3. The molecule has 0 saturated carbocycles. The van der Waals surface area contributed by atoms with Gasteiger partial charge in [0.25, 0.3) is 5.89 Å². The fourth-order valence-electron chi connectivity index (χ4n) is 3.15. The minimum absolute atomic E-state index is 0.126. The average molecular weight is 420 g/mol. The van der Waals surface area contributed by atoms with E-state index >= 15 is 0 Å². The standard InChI is InChI=1S/C23H25N5OS/c1-15-7-6-8-17(13-15)21-24-19(27-29-21)14-30-22-26-25-20(28(22)5)16-9-11-18(12-10-16)23(2,3)4/h6-13H,14H2,1-5H3. The molecule has 2 heterocycles. The molecule has 154 valence electrons. The maximum atomic E-state index is 5.42. The number of aromatic nitrogens is 5. The van der Waals surface area contributed by atoms with Crippen LogP contribution in [0.2, 0.25) is 0 Å². The summed E-state index contributed by atoms with van der Waals surface area (Å²) in [6.07, 6.45) is 0. The minimum atomic E-state index is 0.126. The Labute approximate surface area is 180 Å². The van der Waals surface area contributed by atoms with Crippen LogP contribution in [-0.2, 0) is 18.2 Å². The van der Waals surface area contributed by atoms with E-state index in [4.69, 9.17) is 4.52 Å². The van der Waals surface area contributed by atoms with E-state index in [1.165, 1.54) is 17.3 Å². The molecule has 0 radical (unpaired) electrons. The van der Waals surface area contributed by atoms with Crippen LogP contribution in [0.1, 0.15) is 37.7 Å². The molecule has 0 saturated heterocycles. The van der Waals surface area contributed by atoms with Gasteiger partial charge >= 0.3 is 0 Å². The summed E-state index contributed by atoms with van der Waals surface area (Å²) >= 11 is 1.54. The average Bonchev–Trinajstić information content (AvgIpc) is 3.33. The van der Waals surface area contributed by atoms with Gasteiger partial charge in [0.1, 0.15) is 0 Å². The Kier molecular flexibility index (Phi) is 5.47. The third-order valence-electron chi connectivity index (χ3n) is 4.91. The number of hydrogen-bond donors (Lipinski definition) is 0. The number of nitrogens with zero attached hydrogens (tertiary/aromatic N) is 5. The van der Waals surface area contributed by atoms with Gasteiger partial charge in [-0.15, -0.1) is 10.2 Å². The molecule has 7 heteroatoms. The maximum absolute atomic E-state index is 5.42. The van der Waals surface area contributed by atoms with Crippen molar-refractivity contribution in [2.24, 2.45) is 7.05 Å². The molecule has 4 rings (SSSR count). The summed E-state index contributed by atoms with van der Waals surface area (Å²) in [7, 11) is 1.98. The van der Waals surface area contributed by atoms with Gasteiger partial charge in [-0.25, -0.2) is 0 Å². The lowest BCUT2D eigenvalue weighted by Gasteiger charge is -2.19. The van der Waals surface area contributed by atoms with E-state index in [1.807, 2.05) is 42.8 Å². The molecular weight excluding hydrogens is 394 g/mol. The van der Waals surface area contributed by atoms with Gasteiger partial charge in [-0.05, 0) is 30.0 Å². The van der Waals surface area contributed by atoms with Crippen LogP contribution in [0.4, 0.5) is 0 Å². The van der Waals surface area contributed by atoms with Crippen LogP contribution < -0.4 is 0 Å². The van der Waals surface area contributed by atoms with Crippen molar-refractivity contribution in [3.05, 3.63) is 65.5 Å². The van der Waals surface area contributed by atoms with Crippen molar-refractivity contribution in [1.82, 2.24) is 24.9 Å². The predicted octanol–water partition coefficient (Wildman–Crippen LogP) is 5.43. The Morgan fingerprint density at radius 1 is 1.00 bits per heavy atom. The van der Waals surface area contributed by atoms with Crippen molar-refractivity contribution in [1.29, 1.82) is 0 Å². The van der Waals surface area contributed by atoms with E-state index in [2.05, 4.69) is 65.4 Å². The third kappa shape index (κ3) is 4.31. The van der Waals surface area contributed by atoms with E-state index in [1.54, 1.807) is 0 Å². The van der Waals surface area contributed by atoms with Gasteiger partial charge in [0.05, 0.1) is 5.75 Å². The highest BCUT2D eigenvalue weighted by Crippen LogP contribution is 2.28. The molecule has 30 heavy (non-hydrogen) atoms. The predicted molar refractivity (Wildman–Crippen MR) is 119 cm³/mol. The Morgan fingerprint density at radius 3 is 2.47 bits per heavy atom. The Balaban J connectivity index is 1.46. The summed E-state index contributed by atoms with van der Waals surface area (Å²) in [5, 5.41) is 13.6. The fraction of sp³-hybridized carbons (Fsp3) is 0.304. The lowest BCUT2D eigenvalue weighted by molar-refractivity contribution is 0.425. The number of rotatable bonds is 5. The second kappa shape index (κ2) is 8.07. The molecule has 2 aromatic heterocycles. The second-order valence-electron chi connectivity index (χ2n) is 8.37. The molecule has 6 nitrogen and oxygen atoms in total. The molecule has 2 aromatic carbocycles.